The second-order valence-corrected chi connectivity index (χ2v) is 5.02. The normalized spacial score (nSPS) is 10.7. The fourth-order valence-electron chi connectivity index (χ4n) is 2.02. The summed E-state index contributed by atoms with van der Waals surface area (Å²) in [5.74, 6) is 1.78. The Hall–Kier alpha value is -1.77. The van der Waals surface area contributed by atoms with Gasteiger partial charge in [-0.05, 0) is 36.4 Å². The van der Waals surface area contributed by atoms with E-state index < -0.39 is 0 Å². The first-order valence-electron chi connectivity index (χ1n) is 6.14. The van der Waals surface area contributed by atoms with Crippen LogP contribution in [-0.2, 0) is 5.88 Å². The third kappa shape index (κ3) is 2.58. The molecule has 0 aliphatic heterocycles. The number of hydrogen-bond donors (Lipinski definition) is 0. The summed E-state index contributed by atoms with van der Waals surface area (Å²) < 4.78 is 5.99. The maximum atomic E-state index is 6.02. The van der Waals surface area contributed by atoms with E-state index in [1.807, 2.05) is 36.4 Å². The zero-order valence-electron chi connectivity index (χ0n) is 10.5. The van der Waals surface area contributed by atoms with Gasteiger partial charge in [0.25, 0.3) is 0 Å². The van der Waals surface area contributed by atoms with E-state index in [4.69, 9.17) is 27.9 Å². The Balaban J connectivity index is 2.07. The molecule has 3 rings (SSSR count). The Morgan fingerprint density at radius 1 is 1.00 bits per heavy atom. The molecule has 2 aromatic carbocycles. The highest BCUT2D eigenvalue weighted by Gasteiger charge is 2.08. The number of benzene rings is 2. The van der Waals surface area contributed by atoms with E-state index in [0.29, 0.717) is 16.7 Å². The smallest absolute Gasteiger partial charge is 0.136 e. The number of nitrogens with zero attached hydrogens (tertiary/aromatic N) is 1. The molecule has 0 aliphatic carbocycles. The number of ether oxygens (including phenoxy) is 1. The van der Waals surface area contributed by atoms with Gasteiger partial charge in [0.1, 0.15) is 11.5 Å². The molecule has 0 atom stereocenters. The van der Waals surface area contributed by atoms with E-state index in [1.54, 1.807) is 18.3 Å². The van der Waals surface area contributed by atoms with E-state index in [0.717, 1.165) is 22.2 Å². The summed E-state index contributed by atoms with van der Waals surface area (Å²) in [4.78, 5) is 4.31. The molecule has 0 unspecified atom stereocenters. The highest BCUT2D eigenvalue weighted by Crippen LogP contribution is 2.33. The maximum absolute atomic E-state index is 6.02. The Bertz CT molecular complexity index is 753. The molecule has 0 aliphatic rings. The van der Waals surface area contributed by atoms with Crippen molar-refractivity contribution in [1.29, 1.82) is 0 Å². The zero-order chi connectivity index (χ0) is 13.9. The Labute approximate surface area is 126 Å². The van der Waals surface area contributed by atoms with Crippen molar-refractivity contribution in [2.45, 2.75) is 5.88 Å². The Morgan fingerprint density at radius 2 is 1.90 bits per heavy atom. The van der Waals surface area contributed by atoms with Crippen molar-refractivity contribution in [2.75, 3.05) is 0 Å². The minimum absolute atomic E-state index is 0.371. The summed E-state index contributed by atoms with van der Waals surface area (Å²) in [6.45, 7) is 0. The summed E-state index contributed by atoms with van der Waals surface area (Å²) in [5, 5.41) is 1.57. The fourth-order valence-corrected chi connectivity index (χ4v) is 2.40. The van der Waals surface area contributed by atoms with Crippen LogP contribution in [0.3, 0.4) is 0 Å². The second-order valence-electron chi connectivity index (χ2n) is 4.31. The molecule has 20 heavy (non-hydrogen) atoms. The van der Waals surface area contributed by atoms with Crippen molar-refractivity contribution in [2.24, 2.45) is 0 Å². The molecule has 100 valence electrons. The van der Waals surface area contributed by atoms with Crippen molar-refractivity contribution in [3.05, 3.63) is 65.3 Å². The third-order valence-corrected chi connectivity index (χ3v) is 3.52. The summed E-state index contributed by atoms with van der Waals surface area (Å²) in [6, 6.07) is 15.1. The molecule has 2 nitrogen and oxygen atoms in total. The lowest BCUT2D eigenvalue weighted by atomic mass is 10.2. The van der Waals surface area contributed by atoms with Gasteiger partial charge < -0.3 is 4.74 Å². The van der Waals surface area contributed by atoms with Gasteiger partial charge >= 0.3 is 0 Å². The molecule has 1 aromatic heterocycles. The van der Waals surface area contributed by atoms with Gasteiger partial charge in [-0.3, -0.25) is 4.98 Å². The predicted molar refractivity (Wildman–Crippen MR) is 82.8 cm³/mol. The van der Waals surface area contributed by atoms with Crippen LogP contribution >= 0.6 is 23.2 Å². The van der Waals surface area contributed by atoms with Gasteiger partial charge in [0.15, 0.2) is 0 Å². The molecular weight excluding hydrogens is 293 g/mol. The second kappa shape index (κ2) is 5.70. The van der Waals surface area contributed by atoms with Crippen LogP contribution in [0.4, 0.5) is 0 Å². The van der Waals surface area contributed by atoms with Crippen LogP contribution in [0, 0.1) is 0 Å². The number of hydrogen-bond acceptors (Lipinski definition) is 2. The summed E-state index contributed by atoms with van der Waals surface area (Å²) in [7, 11) is 0. The third-order valence-electron chi connectivity index (χ3n) is 3.00. The molecule has 0 saturated carbocycles. The number of aromatic nitrogens is 1. The maximum Gasteiger partial charge on any atom is 0.136 e. The van der Waals surface area contributed by atoms with Crippen LogP contribution in [0.5, 0.6) is 11.5 Å². The van der Waals surface area contributed by atoms with Gasteiger partial charge in [-0.15, -0.1) is 11.6 Å². The van der Waals surface area contributed by atoms with Crippen molar-refractivity contribution in [3.8, 4) is 11.5 Å². The average Bonchev–Trinajstić information content (AvgIpc) is 2.48. The first-order chi connectivity index (χ1) is 9.78. The van der Waals surface area contributed by atoms with E-state index in [2.05, 4.69) is 4.98 Å². The molecule has 3 aromatic rings. The number of fused-ring (bicyclic) bond motifs is 1. The SMILES string of the molecule is ClCc1ccc(Cl)cc1Oc1cccc2ncccc12. The fraction of sp³-hybridized carbons (Fsp3) is 0.0625. The molecule has 4 heteroatoms. The molecule has 0 fully saturated rings. The number of rotatable bonds is 3. The van der Waals surface area contributed by atoms with Crippen molar-refractivity contribution in [3.63, 3.8) is 0 Å². The molecule has 1 heterocycles. The summed E-state index contributed by atoms with van der Waals surface area (Å²) >= 11 is 12.0. The lowest BCUT2D eigenvalue weighted by molar-refractivity contribution is 0.484. The molecule has 0 amide bonds. The monoisotopic (exact) mass is 303 g/mol. The lowest BCUT2D eigenvalue weighted by Crippen LogP contribution is -1.91. The first kappa shape index (κ1) is 13.2. The highest BCUT2D eigenvalue weighted by molar-refractivity contribution is 6.30. The number of alkyl halides is 1. The zero-order valence-corrected chi connectivity index (χ0v) is 12.0. The predicted octanol–water partition coefficient (Wildman–Crippen LogP) is 5.42. The van der Waals surface area contributed by atoms with Crippen molar-refractivity contribution in [1.82, 2.24) is 4.98 Å². The molecular formula is C16H11Cl2NO. The average molecular weight is 304 g/mol. The van der Waals surface area contributed by atoms with Crippen molar-refractivity contribution >= 4 is 34.1 Å². The van der Waals surface area contributed by atoms with Gasteiger partial charge in [0, 0.05) is 22.2 Å². The van der Waals surface area contributed by atoms with Crippen LogP contribution < -0.4 is 4.74 Å². The molecule has 0 spiro atoms. The van der Waals surface area contributed by atoms with Crippen LogP contribution in [0.15, 0.2) is 54.7 Å². The standard InChI is InChI=1S/C16H11Cl2NO/c17-10-11-6-7-12(18)9-16(11)20-15-5-1-4-14-13(15)3-2-8-19-14/h1-9H,10H2. The van der Waals surface area contributed by atoms with E-state index in [1.165, 1.54) is 0 Å². The van der Waals surface area contributed by atoms with Gasteiger partial charge in [-0.2, -0.15) is 0 Å². The van der Waals surface area contributed by atoms with Gasteiger partial charge in [0.05, 0.1) is 11.4 Å². The topological polar surface area (TPSA) is 22.1 Å². The highest BCUT2D eigenvalue weighted by atomic mass is 35.5. The minimum atomic E-state index is 0.371. The van der Waals surface area contributed by atoms with Crippen LogP contribution in [0.1, 0.15) is 5.56 Å². The largest absolute Gasteiger partial charge is 0.456 e. The van der Waals surface area contributed by atoms with Gasteiger partial charge in [0.2, 0.25) is 0 Å². The Kier molecular flexibility index (Phi) is 3.77. The summed E-state index contributed by atoms with van der Waals surface area (Å²) in [5.41, 5.74) is 1.79. The van der Waals surface area contributed by atoms with E-state index >= 15 is 0 Å². The minimum Gasteiger partial charge on any atom is -0.456 e. The number of halogens is 2. The molecule has 0 N–H and O–H groups in total. The molecule has 0 bridgehead atoms. The quantitative estimate of drug-likeness (QED) is 0.603. The van der Waals surface area contributed by atoms with Crippen LogP contribution in [0.2, 0.25) is 5.02 Å². The molecule has 0 saturated heterocycles. The molecule has 0 radical (unpaired) electrons. The van der Waals surface area contributed by atoms with Gasteiger partial charge in [-0.1, -0.05) is 23.7 Å². The van der Waals surface area contributed by atoms with Crippen LogP contribution in [-0.4, -0.2) is 4.98 Å². The van der Waals surface area contributed by atoms with E-state index in [-0.39, 0.29) is 0 Å². The first-order valence-corrected chi connectivity index (χ1v) is 7.05. The van der Waals surface area contributed by atoms with Gasteiger partial charge in [-0.25, -0.2) is 0 Å². The van der Waals surface area contributed by atoms with Crippen LogP contribution in [0.25, 0.3) is 10.9 Å². The van der Waals surface area contributed by atoms with Crippen molar-refractivity contribution < 1.29 is 4.74 Å². The Morgan fingerprint density at radius 3 is 2.75 bits per heavy atom. The van der Waals surface area contributed by atoms with E-state index in [9.17, 15) is 0 Å². The lowest BCUT2D eigenvalue weighted by Gasteiger charge is -2.11. The summed E-state index contributed by atoms with van der Waals surface area (Å²) in [6.07, 6.45) is 1.76. The number of pyridine rings is 1.